The number of hydrogen-bond acceptors (Lipinski definition) is 2. The number of rotatable bonds is 2. The number of hydrogen-bond donors (Lipinski definition) is 3. The van der Waals surface area contributed by atoms with E-state index >= 15 is 0 Å². The SMILES string of the molecule is O=C(NC1CCC1)NC1CCNC2(CCCCC2)C1. The molecular formula is C15H27N3O. The molecule has 1 heterocycles. The first-order valence-corrected chi connectivity index (χ1v) is 8.08. The molecule has 1 saturated heterocycles. The molecule has 0 aromatic rings. The summed E-state index contributed by atoms with van der Waals surface area (Å²) in [6.45, 7) is 1.05. The number of piperidine rings is 1. The molecule has 1 unspecified atom stereocenters. The Kier molecular flexibility index (Phi) is 3.96. The molecule has 0 aromatic heterocycles. The van der Waals surface area contributed by atoms with Crippen molar-refractivity contribution in [2.75, 3.05) is 6.54 Å². The molecule has 2 saturated carbocycles. The highest BCUT2D eigenvalue weighted by Crippen LogP contribution is 2.34. The molecule has 4 heteroatoms. The van der Waals surface area contributed by atoms with Gasteiger partial charge in [0.1, 0.15) is 0 Å². The fourth-order valence-corrected chi connectivity index (χ4v) is 3.86. The van der Waals surface area contributed by atoms with Crippen LogP contribution in [0.5, 0.6) is 0 Å². The third-order valence-electron chi connectivity index (χ3n) is 5.22. The number of carbonyl (C=O) groups excluding carboxylic acids is 1. The summed E-state index contributed by atoms with van der Waals surface area (Å²) in [5.74, 6) is 0. The van der Waals surface area contributed by atoms with E-state index in [1.807, 2.05) is 0 Å². The fourth-order valence-electron chi connectivity index (χ4n) is 3.86. The van der Waals surface area contributed by atoms with Gasteiger partial charge in [-0.25, -0.2) is 4.79 Å². The molecule has 19 heavy (non-hydrogen) atoms. The van der Waals surface area contributed by atoms with Gasteiger partial charge < -0.3 is 16.0 Å². The summed E-state index contributed by atoms with van der Waals surface area (Å²) in [5.41, 5.74) is 0.324. The van der Waals surface area contributed by atoms with Crippen molar-refractivity contribution in [2.45, 2.75) is 81.8 Å². The van der Waals surface area contributed by atoms with Crippen LogP contribution in [0.1, 0.15) is 64.2 Å². The molecule has 3 aliphatic rings. The summed E-state index contributed by atoms with van der Waals surface area (Å²) < 4.78 is 0. The number of amides is 2. The molecule has 1 aliphatic heterocycles. The van der Waals surface area contributed by atoms with Crippen molar-refractivity contribution in [3.8, 4) is 0 Å². The zero-order valence-electron chi connectivity index (χ0n) is 11.8. The van der Waals surface area contributed by atoms with Gasteiger partial charge in [-0.3, -0.25) is 0 Å². The van der Waals surface area contributed by atoms with Crippen LogP contribution in [0.2, 0.25) is 0 Å². The van der Waals surface area contributed by atoms with E-state index in [0.29, 0.717) is 17.6 Å². The molecule has 0 bridgehead atoms. The number of nitrogens with one attached hydrogen (secondary N) is 3. The van der Waals surface area contributed by atoms with Crippen molar-refractivity contribution in [1.29, 1.82) is 0 Å². The lowest BCUT2D eigenvalue weighted by atomic mass is 9.75. The van der Waals surface area contributed by atoms with E-state index in [1.165, 1.54) is 38.5 Å². The lowest BCUT2D eigenvalue weighted by Gasteiger charge is -2.45. The van der Waals surface area contributed by atoms with E-state index in [-0.39, 0.29) is 6.03 Å². The number of urea groups is 1. The van der Waals surface area contributed by atoms with E-state index in [1.54, 1.807) is 0 Å². The van der Waals surface area contributed by atoms with Crippen molar-refractivity contribution in [1.82, 2.24) is 16.0 Å². The first-order valence-electron chi connectivity index (χ1n) is 8.08. The van der Waals surface area contributed by atoms with Crippen LogP contribution < -0.4 is 16.0 Å². The minimum Gasteiger partial charge on any atom is -0.335 e. The van der Waals surface area contributed by atoms with Crippen LogP contribution in [-0.4, -0.2) is 30.2 Å². The van der Waals surface area contributed by atoms with Crippen molar-refractivity contribution < 1.29 is 4.79 Å². The average Bonchev–Trinajstić information content (AvgIpc) is 2.35. The molecule has 108 valence electrons. The van der Waals surface area contributed by atoms with Crippen LogP contribution in [0.15, 0.2) is 0 Å². The predicted octanol–water partition coefficient (Wildman–Crippen LogP) is 2.29. The van der Waals surface area contributed by atoms with E-state index in [9.17, 15) is 4.79 Å². The molecule has 3 rings (SSSR count). The van der Waals surface area contributed by atoms with E-state index in [0.717, 1.165) is 32.2 Å². The minimum absolute atomic E-state index is 0.0579. The van der Waals surface area contributed by atoms with Crippen LogP contribution in [0, 0.1) is 0 Å². The topological polar surface area (TPSA) is 53.2 Å². The summed E-state index contributed by atoms with van der Waals surface area (Å²) >= 11 is 0. The maximum atomic E-state index is 11.9. The Bertz CT molecular complexity index is 316. The smallest absolute Gasteiger partial charge is 0.315 e. The molecule has 2 amide bonds. The van der Waals surface area contributed by atoms with Gasteiger partial charge in [0.05, 0.1) is 0 Å². The number of carbonyl (C=O) groups is 1. The fraction of sp³-hybridized carbons (Fsp3) is 0.933. The average molecular weight is 265 g/mol. The Morgan fingerprint density at radius 2 is 1.68 bits per heavy atom. The van der Waals surface area contributed by atoms with Crippen molar-refractivity contribution in [2.24, 2.45) is 0 Å². The Balaban J connectivity index is 1.48. The Morgan fingerprint density at radius 1 is 0.947 bits per heavy atom. The van der Waals surface area contributed by atoms with Crippen LogP contribution in [0.3, 0.4) is 0 Å². The molecule has 0 radical (unpaired) electrons. The first kappa shape index (κ1) is 13.2. The summed E-state index contributed by atoms with van der Waals surface area (Å²) in [4.78, 5) is 11.9. The Hall–Kier alpha value is -0.770. The standard InChI is InChI=1S/C15H27N3O/c19-14(17-12-5-4-6-12)18-13-7-10-16-15(11-13)8-2-1-3-9-15/h12-13,16H,1-11H2,(H2,17,18,19). The summed E-state index contributed by atoms with van der Waals surface area (Å²) in [6.07, 6.45) is 12.4. The normalized spacial score (nSPS) is 30.6. The zero-order chi connectivity index (χ0) is 13.1. The van der Waals surface area contributed by atoms with Crippen molar-refractivity contribution >= 4 is 6.03 Å². The van der Waals surface area contributed by atoms with Crippen LogP contribution >= 0.6 is 0 Å². The van der Waals surface area contributed by atoms with Crippen LogP contribution in [0.4, 0.5) is 4.79 Å². The van der Waals surface area contributed by atoms with E-state index in [4.69, 9.17) is 0 Å². The van der Waals surface area contributed by atoms with Gasteiger partial charge in [-0.15, -0.1) is 0 Å². The van der Waals surface area contributed by atoms with Crippen molar-refractivity contribution in [3.63, 3.8) is 0 Å². The van der Waals surface area contributed by atoms with Gasteiger partial charge >= 0.3 is 6.03 Å². The first-order chi connectivity index (χ1) is 9.26. The highest BCUT2D eigenvalue weighted by Gasteiger charge is 2.37. The molecule has 1 atom stereocenters. The quantitative estimate of drug-likeness (QED) is 0.717. The predicted molar refractivity (Wildman–Crippen MR) is 76.1 cm³/mol. The second-order valence-electron chi connectivity index (χ2n) is 6.70. The van der Waals surface area contributed by atoms with Gasteiger partial charge in [0.25, 0.3) is 0 Å². The maximum Gasteiger partial charge on any atom is 0.315 e. The third kappa shape index (κ3) is 3.22. The highest BCUT2D eigenvalue weighted by molar-refractivity contribution is 5.74. The molecular weight excluding hydrogens is 238 g/mol. The molecule has 2 aliphatic carbocycles. The molecule has 0 aromatic carbocycles. The Labute approximate surface area is 116 Å². The van der Waals surface area contributed by atoms with E-state index in [2.05, 4.69) is 16.0 Å². The lowest BCUT2D eigenvalue weighted by molar-refractivity contribution is 0.156. The highest BCUT2D eigenvalue weighted by atomic mass is 16.2. The third-order valence-corrected chi connectivity index (χ3v) is 5.22. The summed E-state index contributed by atoms with van der Waals surface area (Å²) in [7, 11) is 0. The van der Waals surface area contributed by atoms with Crippen molar-refractivity contribution in [3.05, 3.63) is 0 Å². The minimum atomic E-state index is 0.0579. The van der Waals surface area contributed by atoms with Crippen LogP contribution in [-0.2, 0) is 0 Å². The molecule has 1 spiro atoms. The summed E-state index contributed by atoms with van der Waals surface area (Å²) in [5, 5.41) is 10.0. The molecule has 3 fully saturated rings. The monoisotopic (exact) mass is 265 g/mol. The summed E-state index contributed by atoms with van der Waals surface area (Å²) in [6, 6.07) is 0.854. The molecule has 4 nitrogen and oxygen atoms in total. The Morgan fingerprint density at radius 3 is 2.37 bits per heavy atom. The molecule has 3 N–H and O–H groups in total. The van der Waals surface area contributed by atoms with Gasteiger partial charge in [0.15, 0.2) is 0 Å². The second-order valence-corrected chi connectivity index (χ2v) is 6.70. The van der Waals surface area contributed by atoms with Gasteiger partial charge in [-0.2, -0.15) is 0 Å². The van der Waals surface area contributed by atoms with Crippen LogP contribution in [0.25, 0.3) is 0 Å². The lowest BCUT2D eigenvalue weighted by Crippen LogP contribution is -2.58. The largest absolute Gasteiger partial charge is 0.335 e. The maximum absolute atomic E-state index is 11.9. The van der Waals surface area contributed by atoms with Gasteiger partial charge in [-0.05, 0) is 51.5 Å². The second kappa shape index (κ2) is 5.70. The zero-order valence-corrected chi connectivity index (χ0v) is 11.8. The van der Waals surface area contributed by atoms with E-state index < -0.39 is 0 Å². The van der Waals surface area contributed by atoms with Gasteiger partial charge in [0, 0.05) is 17.6 Å². The van der Waals surface area contributed by atoms with Gasteiger partial charge in [0.2, 0.25) is 0 Å². The van der Waals surface area contributed by atoms with Gasteiger partial charge in [-0.1, -0.05) is 19.3 Å².